The van der Waals surface area contributed by atoms with Crippen LogP contribution in [0, 0.1) is 5.92 Å². The molecule has 0 spiro atoms. The number of primary amides is 1. The standard InChI is InChI=1S/C9H18N2O2/c1-2-11-5-3-7(4-6-11)8(12)9(10)13/h7-8,12H,2-6H2,1H3,(H2,10,13). The average Bonchev–Trinajstić information content (AvgIpc) is 2.17. The lowest BCUT2D eigenvalue weighted by atomic mass is 9.91. The predicted molar refractivity (Wildman–Crippen MR) is 50.0 cm³/mol. The first-order valence-electron chi connectivity index (χ1n) is 4.85. The fourth-order valence-electron chi connectivity index (χ4n) is 1.82. The van der Waals surface area contributed by atoms with Crippen molar-refractivity contribution >= 4 is 5.91 Å². The number of likely N-dealkylation sites (tertiary alicyclic amines) is 1. The van der Waals surface area contributed by atoms with Gasteiger partial charge in [0, 0.05) is 0 Å². The van der Waals surface area contributed by atoms with Crippen LogP contribution in [0.4, 0.5) is 0 Å². The number of nitrogens with two attached hydrogens (primary N) is 1. The Labute approximate surface area is 78.7 Å². The van der Waals surface area contributed by atoms with E-state index in [1.54, 1.807) is 0 Å². The summed E-state index contributed by atoms with van der Waals surface area (Å²) in [6.45, 7) is 5.08. The first-order chi connectivity index (χ1) is 6.15. The Hall–Kier alpha value is -0.610. The maximum Gasteiger partial charge on any atom is 0.246 e. The first kappa shape index (κ1) is 10.5. The smallest absolute Gasteiger partial charge is 0.246 e. The maximum atomic E-state index is 10.7. The summed E-state index contributed by atoms with van der Waals surface area (Å²) in [6.07, 6.45) is 0.801. The fourth-order valence-corrected chi connectivity index (χ4v) is 1.82. The molecule has 1 aliphatic rings. The molecule has 1 saturated heterocycles. The molecule has 13 heavy (non-hydrogen) atoms. The average molecular weight is 186 g/mol. The first-order valence-corrected chi connectivity index (χ1v) is 4.85. The lowest BCUT2D eigenvalue weighted by Crippen LogP contribution is -2.42. The molecule has 0 aromatic heterocycles. The quantitative estimate of drug-likeness (QED) is 0.628. The topological polar surface area (TPSA) is 66.6 Å². The molecule has 1 aliphatic heterocycles. The molecule has 1 heterocycles. The second-order valence-corrected chi connectivity index (χ2v) is 3.62. The van der Waals surface area contributed by atoms with E-state index in [4.69, 9.17) is 5.73 Å². The van der Waals surface area contributed by atoms with Crippen LogP contribution in [0.2, 0.25) is 0 Å². The van der Waals surface area contributed by atoms with Crippen molar-refractivity contribution in [2.75, 3.05) is 19.6 Å². The number of carbonyl (C=O) groups excluding carboxylic acids is 1. The molecule has 4 heteroatoms. The lowest BCUT2D eigenvalue weighted by molar-refractivity contribution is -0.129. The van der Waals surface area contributed by atoms with E-state index in [1.165, 1.54) is 0 Å². The zero-order chi connectivity index (χ0) is 9.84. The van der Waals surface area contributed by atoms with Gasteiger partial charge in [-0.1, -0.05) is 6.92 Å². The molecule has 1 fully saturated rings. The molecule has 0 bridgehead atoms. The highest BCUT2D eigenvalue weighted by Crippen LogP contribution is 2.20. The van der Waals surface area contributed by atoms with Crippen molar-refractivity contribution in [3.05, 3.63) is 0 Å². The van der Waals surface area contributed by atoms with Crippen molar-refractivity contribution in [3.8, 4) is 0 Å². The molecular formula is C9H18N2O2. The van der Waals surface area contributed by atoms with Gasteiger partial charge in [0.1, 0.15) is 6.10 Å². The van der Waals surface area contributed by atoms with Crippen molar-refractivity contribution in [2.45, 2.75) is 25.9 Å². The third-order valence-electron chi connectivity index (χ3n) is 2.82. The van der Waals surface area contributed by atoms with Crippen molar-refractivity contribution in [1.29, 1.82) is 0 Å². The third kappa shape index (κ3) is 2.67. The van der Waals surface area contributed by atoms with Gasteiger partial charge in [0.15, 0.2) is 0 Å². The van der Waals surface area contributed by atoms with Gasteiger partial charge in [0.25, 0.3) is 0 Å². The molecule has 1 rings (SSSR count). The van der Waals surface area contributed by atoms with Crippen molar-refractivity contribution < 1.29 is 9.90 Å². The molecule has 0 saturated carbocycles. The van der Waals surface area contributed by atoms with Gasteiger partial charge in [-0.05, 0) is 38.4 Å². The normalized spacial score (nSPS) is 22.9. The molecule has 0 radical (unpaired) electrons. The van der Waals surface area contributed by atoms with Gasteiger partial charge < -0.3 is 15.7 Å². The molecule has 76 valence electrons. The molecule has 3 N–H and O–H groups in total. The van der Waals surface area contributed by atoms with Crippen LogP contribution in [0.5, 0.6) is 0 Å². The van der Waals surface area contributed by atoms with Gasteiger partial charge in [-0.3, -0.25) is 4.79 Å². The van der Waals surface area contributed by atoms with E-state index >= 15 is 0 Å². The number of hydrogen-bond acceptors (Lipinski definition) is 3. The van der Waals surface area contributed by atoms with Gasteiger partial charge in [0.2, 0.25) is 5.91 Å². The molecule has 0 aromatic rings. The number of carbonyl (C=O) groups is 1. The largest absolute Gasteiger partial charge is 0.383 e. The summed E-state index contributed by atoms with van der Waals surface area (Å²) in [5, 5.41) is 9.42. The van der Waals surface area contributed by atoms with E-state index < -0.39 is 12.0 Å². The van der Waals surface area contributed by atoms with Crippen molar-refractivity contribution in [1.82, 2.24) is 4.90 Å². The Morgan fingerprint density at radius 3 is 2.54 bits per heavy atom. The number of piperidine rings is 1. The number of aliphatic hydroxyl groups is 1. The predicted octanol–water partition coefficient (Wildman–Crippen LogP) is -0.435. The van der Waals surface area contributed by atoms with Gasteiger partial charge in [0.05, 0.1) is 0 Å². The summed E-state index contributed by atoms with van der Waals surface area (Å²) in [5.74, 6) is -0.518. The van der Waals surface area contributed by atoms with E-state index in [-0.39, 0.29) is 5.92 Å². The van der Waals surface area contributed by atoms with Crippen LogP contribution in [-0.2, 0) is 4.79 Å². The summed E-state index contributed by atoms with van der Waals surface area (Å²) >= 11 is 0. The van der Waals surface area contributed by atoms with Gasteiger partial charge in [-0.25, -0.2) is 0 Å². The number of nitrogens with zero attached hydrogens (tertiary/aromatic N) is 1. The molecule has 4 nitrogen and oxygen atoms in total. The van der Waals surface area contributed by atoms with Crippen molar-refractivity contribution in [2.24, 2.45) is 11.7 Å². The molecule has 0 aromatic carbocycles. The minimum atomic E-state index is -0.945. The van der Waals surface area contributed by atoms with E-state index in [2.05, 4.69) is 11.8 Å². The SMILES string of the molecule is CCN1CCC(C(O)C(N)=O)CC1. The van der Waals surface area contributed by atoms with Gasteiger partial charge in [-0.2, -0.15) is 0 Å². The van der Waals surface area contributed by atoms with Crippen LogP contribution >= 0.6 is 0 Å². The Bertz CT molecular complexity index is 176. The fraction of sp³-hybridized carbons (Fsp3) is 0.889. The zero-order valence-corrected chi connectivity index (χ0v) is 8.07. The van der Waals surface area contributed by atoms with E-state index in [0.717, 1.165) is 32.5 Å². The number of amides is 1. The van der Waals surface area contributed by atoms with Crippen LogP contribution in [0.3, 0.4) is 0 Å². The van der Waals surface area contributed by atoms with Gasteiger partial charge in [-0.15, -0.1) is 0 Å². The molecular weight excluding hydrogens is 168 g/mol. The maximum absolute atomic E-state index is 10.7. The summed E-state index contributed by atoms with van der Waals surface area (Å²) in [6, 6.07) is 0. The summed E-state index contributed by atoms with van der Waals surface area (Å²) in [7, 11) is 0. The zero-order valence-electron chi connectivity index (χ0n) is 8.07. The second kappa shape index (κ2) is 4.58. The highest BCUT2D eigenvalue weighted by Gasteiger charge is 2.27. The number of hydrogen-bond donors (Lipinski definition) is 2. The number of aliphatic hydroxyl groups excluding tert-OH is 1. The molecule has 1 unspecified atom stereocenters. The van der Waals surface area contributed by atoms with E-state index in [0.29, 0.717) is 0 Å². The third-order valence-corrected chi connectivity index (χ3v) is 2.82. The van der Waals surface area contributed by atoms with Crippen LogP contribution in [0.1, 0.15) is 19.8 Å². The summed E-state index contributed by atoms with van der Waals surface area (Å²) in [4.78, 5) is 13.0. The Kier molecular flexibility index (Phi) is 3.69. The molecule has 0 aliphatic carbocycles. The van der Waals surface area contributed by atoms with E-state index in [1.807, 2.05) is 0 Å². The highest BCUT2D eigenvalue weighted by atomic mass is 16.3. The summed E-state index contributed by atoms with van der Waals surface area (Å²) in [5.41, 5.74) is 5.03. The number of rotatable bonds is 3. The molecule has 1 amide bonds. The van der Waals surface area contributed by atoms with Crippen LogP contribution in [-0.4, -0.2) is 41.7 Å². The van der Waals surface area contributed by atoms with Crippen LogP contribution < -0.4 is 5.73 Å². The Balaban J connectivity index is 2.36. The Morgan fingerprint density at radius 2 is 2.15 bits per heavy atom. The lowest BCUT2D eigenvalue weighted by Gasteiger charge is -2.32. The second-order valence-electron chi connectivity index (χ2n) is 3.62. The van der Waals surface area contributed by atoms with Crippen molar-refractivity contribution in [3.63, 3.8) is 0 Å². The van der Waals surface area contributed by atoms with Crippen LogP contribution in [0.25, 0.3) is 0 Å². The van der Waals surface area contributed by atoms with Crippen LogP contribution in [0.15, 0.2) is 0 Å². The monoisotopic (exact) mass is 186 g/mol. The summed E-state index contributed by atoms with van der Waals surface area (Å²) < 4.78 is 0. The Morgan fingerprint density at radius 1 is 1.62 bits per heavy atom. The van der Waals surface area contributed by atoms with Gasteiger partial charge >= 0.3 is 0 Å². The minimum Gasteiger partial charge on any atom is -0.383 e. The van der Waals surface area contributed by atoms with E-state index in [9.17, 15) is 9.90 Å². The highest BCUT2D eigenvalue weighted by molar-refractivity contribution is 5.78. The molecule has 1 atom stereocenters. The minimum absolute atomic E-state index is 0.0697.